The predicted octanol–water partition coefficient (Wildman–Crippen LogP) is 12.1. The Balaban J connectivity index is 7.10. The van der Waals surface area contributed by atoms with Crippen molar-refractivity contribution in [2.45, 2.75) is 96.3 Å². The molecule has 328 valence electrons. The summed E-state index contributed by atoms with van der Waals surface area (Å²) in [6.07, 6.45) is -38.3. The van der Waals surface area contributed by atoms with Crippen molar-refractivity contribution in [2.24, 2.45) is 11.8 Å². The molecule has 0 saturated heterocycles. The lowest BCUT2D eigenvalue weighted by molar-refractivity contribution is -0.460. The van der Waals surface area contributed by atoms with Crippen LogP contribution in [0.15, 0.2) is 25.3 Å². The van der Waals surface area contributed by atoms with Gasteiger partial charge in [-0.25, -0.2) is 8.78 Å². The third-order valence-corrected chi connectivity index (χ3v) is 7.41. The molecule has 0 N–H and O–H groups in total. The van der Waals surface area contributed by atoms with Gasteiger partial charge in [-0.3, -0.25) is 0 Å². The van der Waals surface area contributed by atoms with E-state index >= 15 is 0 Å². The van der Waals surface area contributed by atoms with Crippen LogP contribution in [-0.4, -0.2) is 96.6 Å². The fourth-order valence-electron chi connectivity index (χ4n) is 4.19. The number of hydrogen-bond acceptors (Lipinski definition) is 1. The molecule has 2 unspecified atom stereocenters. The van der Waals surface area contributed by atoms with Gasteiger partial charge in [0.1, 0.15) is 0 Å². The van der Waals surface area contributed by atoms with Gasteiger partial charge >= 0.3 is 83.4 Å². The summed E-state index contributed by atoms with van der Waals surface area (Å²) in [5.74, 6) is -75.5. The number of ether oxygens (including phenoxy) is 1. The molecular formula is C24H16F30O. The lowest BCUT2D eigenvalue weighted by atomic mass is 9.82. The normalized spacial score (nSPS) is 17.3. The first kappa shape index (κ1) is 52.3. The van der Waals surface area contributed by atoms with Crippen LogP contribution in [0.5, 0.6) is 0 Å². The highest BCUT2D eigenvalue weighted by molar-refractivity contribution is 5.19. The maximum atomic E-state index is 14.7. The highest BCUT2D eigenvalue weighted by Gasteiger charge is 2.97. The number of allylic oxidation sites excluding steroid dienone is 2. The minimum atomic E-state index is -8.96. The van der Waals surface area contributed by atoms with Crippen molar-refractivity contribution < 1.29 is 136 Å². The van der Waals surface area contributed by atoms with Crippen LogP contribution >= 0.6 is 0 Å². The average Bonchev–Trinajstić information content (AvgIpc) is 2.95. The summed E-state index contributed by atoms with van der Waals surface area (Å²) < 4.78 is 412. The first-order valence-corrected chi connectivity index (χ1v) is 13.1. The lowest BCUT2D eigenvalue weighted by Crippen LogP contribution is -2.76. The van der Waals surface area contributed by atoms with Crippen LogP contribution < -0.4 is 0 Å². The summed E-state index contributed by atoms with van der Waals surface area (Å²) in [6, 6.07) is 0. The van der Waals surface area contributed by atoms with E-state index in [1.165, 1.54) is 0 Å². The molecule has 0 aromatic heterocycles. The van der Waals surface area contributed by atoms with Crippen LogP contribution in [0.4, 0.5) is 132 Å². The molecular weight excluding hydrogens is 874 g/mol. The van der Waals surface area contributed by atoms with Gasteiger partial charge in [-0.2, -0.15) is 123 Å². The molecule has 0 heterocycles. The monoisotopic (exact) mass is 890 g/mol. The Bertz CT molecular complexity index is 1200. The minimum absolute atomic E-state index is 0.212. The van der Waals surface area contributed by atoms with E-state index in [-0.39, 0.29) is 12.2 Å². The molecule has 0 aliphatic rings. The molecule has 0 saturated carbocycles. The van der Waals surface area contributed by atoms with Crippen molar-refractivity contribution in [3.05, 3.63) is 25.3 Å². The topological polar surface area (TPSA) is 9.23 Å². The molecule has 31 heteroatoms. The van der Waals surface area contributed by atoms with Crippen LogP contribution in [0.2, 0.25) is 0 Å². The summed E-state index contributed by atoms with van der Waals surface area (Å²) in [5, 5.41) is 0. The van der Waals surface area contributed by atoms with E-state index in [9.17, 15) is 132 Å². The van der Waals surface area contributed by atoms with Gasteiger partial charge in [-0.15, -0.1) is 13.2 Å². The third-order valence-electron chi connectivity index (χ3n) is 7.41. The maximum Gasteiger partial charge on any atom is 0.438 e. The van der Waals surface area contributed by atoms with Crippen LogP contribution in [0, 0.1) is 11.8 Å². The number of hydrogen-bond donors (Lipinski definition) is 0. The van der Waals surface area contributed by atoms with E-state index in [1.54, 1.807) is 0 Å². The summed E-state index contributed by atoms with van der Waals surface area (Å²) in [4.78, 5) is 0. The van der Waals surface area contributed by atoms with Gasteiger partial charge in [-0.05, 0) is 12.8 Å². The zero-order valence-corrected chi connectivity index (χ0v) is 25.3. The van der Waals surface area contributed by atoms with Crippen LogP contribution in [0.1, 0.15) is 12.8 Å². The second-order valence-corrected chi connectivity index (χ2v) is 11.0. The third kappa shape index (κ3) is 7.47. The molecule has 55 heavy (non-hydrogen) atoms. The van der Waals surface area contributed by atoms with Crippen LogP contribution in [-0.2, 0) is 4.74 Å². The van der Waals surface area contributed by atoms with Crippen molar-refractivity contribution in [3.63, 3.8) is 0 Å². The van der Waals surface area contributed by atoms with Gasteiger partial charge in [0.25, 0.3) is 0 Å². The fraction of sp³-hybridized carbons (Fsp3) is 0.833. The Hall–Kier alpha value is -2.66. The minimum Gasteiger partial charge on any atom is -0.380 e. The smallest absolute Gasteiger partial charge is 0.380 e. The molecule has 2 atom stereocenters. The van der Waals surface area contributed by atoms with E-state index in [2.05, 4.69) is 17.9 Å². The molecule has 0 aromatic rings. The summed E-state index contributed by atoms with van der Waals surface area (Å²) in [6.45, 7) is -0.882. The highest BCUT2D eigenvalue weighted by Crippen LogP contribution is 2.66. The molecule has 1 nitrogen and oxygen atoms in total. The molecule has 0 amide bonds. The van der Waals surface area contributed by atoms with Crippen molar-refractivity contribution in [3.8, 4) is 0 Å². The summed E-state index contributed by atoms with van der Waals surface area (Å²) >= 11 is 0. The highest BCUT2D eigenvalue weighted by atomic mass is 19.5. The molecule has 0 aliphatic carbocycles. The standard InChI is InChI=1S/C24H16F30O/c1-3-5-9(11(25,26)15(31,32)19(39,40)17(35,36)13(29,21(43,44)45)22(46,47)48)7-55-8-10(6-4-2)12(27,28)16(33,34)20(41,42)18(37,38)14(30,23(49,50)51)24(52,53)54/h3-4,9-10H,1-2,5-8H2. The molecule has 0 bridgehead atoms. The number of alkyl halides is 30. The van der Waals surface area contributed by atoms with Crippen molar-refractivity contribution in [1.82, 2.24) is 0 Å². The van der Waals surface area contributed by atoms with E-state index in [0.29, 0.717) is 0 Å². The number of rotatable bonds is 18. The van der Waals surface area contributed by atoms with Crippen molar-refractivity contribution in [1.29, 1.82) is 0 Å². The second kappa shape index (κ2) is 14.6. The van der Waals surface area contributed by atoms with Crippen LogP contribution in [0.3, 0.4) is 0 Å². The first-order chi connectivity index (χ1) is 23.6. The molecule has 0 spiro atoms. The van der Waals surface area contributed by atoms with Gasteiger partial charge in [0.05, 0.1) is 25.0 Å². The largest absolute Gasteiger partial charge is 0.438 e. The van der Waals surface area contributed by atoms with Gasteiger partial charge in [0, 0.05) is 0 Å². The van der Waals surface area contributed by atoms with Crippen molar-refractivity contribution >= 4 is 0 Å². The van der Waals surface area contributed by atoms with Crippen LogP contribution in [0.25, 0.3) is 0 Å². The first-order valence-electron chi connectivity index (χ1n) is 13.1. The van der Waals surface area contributed by atoms with Gasteiger partial charge in [-0.1, -0.05) is 12.2 Å². The second-order valence-electron chi connectivity index (χ2n) is 11.0. The van der Waals surface area contributed by atoms with E-state index in [4.69, 9.17) is 0 Å². The number of halogens is 30. The Morgan fingerprint density at radius 3 is 0.691 bits per heavy atom. The van der Waals surface area contributed by atoms with Crippen molar-refractivity contribution in [2.75, 3.05) is 13.2 Å². The fourth-order valence-corrected chi connectivity index (χ4v) is 4.19. The van der Waals surface area contributed by atoms with Gasteiger partial charge < -0.3 is 4.74 Å². The predicted molar refractivity (Wildman–Crippen MR) is 119 cm³/mol. The average molecular weight is 890 g/mol. The SMILES string of the molecule is C=CCC(COCC(CC=C)C(F)(F)C(F)(F)C(F)(F)C(F)(F)C(F)(C(F)(F)F)C(F)(F)F)C(F)(F)C(F)(F)C(F)(F)C(F)(F)C(F)(C(F)(F)F)C(F)(F)F. The quantitative estimate of drug-likeness (QED) is 0.0984. The van der Waals surface area contributed by atoms with E-state index in [1.807, 2.05) is 0 Å². The Morgan fingerprint density at radius 2 is 0.527 bits per heavy atom. The molecule has 0 radical (unpaired) electrons. The maximum absolute atomic E-state index is 14.7. The van der Waals surface area contributed by atoms with Gasteiger partial charge in [0.15, 0.2) is 0 Å². The Morgan fingerprint density at radius 1 is 0.327 bits per heavy atom. The molecule has 0 fully saturated rings. The zero-order valence-electron chi connectivity index (χ0n) is 25.3. The molecule has 0 aromatic carbocycles. The Kier molecular flexibility index (Phi) is 13.9. The molecule has 0 aliphatic heterocycles. The van der Waals surface area contributed by atoms with Gasteiger partial charge in [0.2, 0.25) is 0 Å². The van der Waals surface area contributed by atoms with E-state index in [0.717, 1.165) is 0 Å². The summed E-state index contributed by atoms with van der Waals surface area (Å²) in [5.41, 5.74) is -17.5. The summed E-state index contributed by atoms with van der Waals surface area (Å²) in [7, 11) is 0. The lowest BCUT2D eigenvalue weighted by Gasteiger charge is -2.44. The molecule has 0 rings (SSSR count). The Labute approximate surface area is 284 Å². The zero-order chi connectivity index (χ0) is 45.1. The van der Waals surface area contributed by atoms with E-state index < -0.39 is 121 Å².